The molecule has 2 N–H and O–H groups in total. The summed E-state index contributed by atoms with van der Waals surface area (Å²) in [6, 6.07) is 0. The maximum absolute atomic E-state index is 12.6. The van der Waals surface area contributed by atoms with Gasteiger partial charge in [0.15, 0.2) is 0 Å². The third kappa shape index (κ3) is 3.21. The number of carbonyl (C=O) groups excluding carboxylic acids is 1. The monoisotopic (exact) mass is 296 g/mol. The van der Waals surface area contributed by atoms with Gasteiger partial charge < -0.3 is 20.1 Å². The van der Waals surface area contributed by atoms with Gasteiger partial charge in [-0.15, -0.1) is 0 Å². The second-order valence-corrected chi connectivity index (χ2v) is 6.60. The summed E-state index contributed by atoms with van der Waals surface area (Å²) in [5.41, 5.74) is 0.291. The van der Waals surface area contributed by atoms with E-state index < -0.39 is 5.97 Å². The highest BCUT2D eigenvalue weighted by molar-refractivity contribution is 5.82. The third-order valence-electron chi connectivity index (χ3n) is 5.28. The van der Waals surface area contributed by atoms with Gasteiger partial charge in [-0.25, -0.2) is 4.79 Å². The highest BCUT2D eigenvalue weighted by Crippen LogP contribution is 2.59. The molecule has 2 saturated heterocycles. The van der Waals surface area contributed by atoms with E-state index in [0.29, 0.717) is 24.4 Å². The third-order valence-corrected chi connectivity index (χ3v) is 5.28. The van der Waals surface area contributed by atoms with Gasteiger partial charge in [0, 0.05) is 19.0 Å². The molecule has 1 spiro atoms. The normalized spacial score (nSPS) is 28.6. The number of amides is 1. The first-order valence-corrected chi connectivity index (χ1v) is 7.94. The lowest BCUT2D eigenvalue weighted by Gasteiger charge is -2.33. The van der Waals surface area contributed by atoms with E-state index in [0.717, 1.165) is 45.2 Å². The fraction of sp³-hybridized carbons (Fsp3) is 0.867. The molecule has 6 heteroatoms. The predicted octanol–water partition coefficient (Wildman–Crippen LogP) is 0.468. The van der Waals surface area contributed by atoms with E-state index in [1.165, 1.54) is 0 Å². The second kappa shape index (κ2) is 5.93. The zero-order valence-electron chi connectivity index (χ0n) is 12.3. The fourth-order valence-corrected chi connectivity index (χ4v) is 3.83. The summed E-state index contributed by atoms with van der Waals surface area (Å²) < 4.78 is 5.31. The average molecular weight is 296 g/mol. The van der Waals surface area contributed by atoms with Crippen molar-refractivity contribution in [2.45, 2.75) is 38.2 Å². The molecule has 0 radical (unpaired) electrons. The van der Waals surface area contributed by atoms with Gasteiger partial charge in [-0.2, -0.15) is 0 Å². The van der Waals surface area contributed by atoms with Gasteiger partial charge in [0.2, 0.25) is 5.91 Å². The van der Waals surface area contributed by atoms with Crippen molar-refractivity contribution in [2.24, 2.45) is 11.3 Å². The smallest absolute Gasteiger partial charge is 0.329 e. The molecule has 0 bridgehead atoms. The number of carbonyl (C=O) groups is 2. The second-order valence-electron chi connectivity index (χ2n) is 6.60. The Hall–Kier alpha value is -1.14. The van der Waals surface area contributed by atoms with Crippen LogP contribution >= 0.6 is 0 Å². The van der Waals surface area contributed by atoms with Crippen molar-refractivity contribution in [3.8, 4) is 0 Å². The summed E-state index contributed by atoms with van der Waals surface area (Å²) in [5.74, 6) is -0.385. The number of carboxylic acid groups (broad SMARTS) is 1. The lowest BCUT2D eigenvalue weighted by molar-refractivity contribution is -0.147. The molecular formula is C15H24N2O4. The molecule has 118 valence electrons. The van der Waals surface area contributed by atoms with Crippen LogP contribution in [-0.2, 0) is 14.3 Å². The molecule has 2 aliphatic heterocycles. The van der Waals surface area contributed by atoms with E-state index in [4.69, 9.17) is 9.84 Å². The predicted molar refractivity (Wildman–Crippen MR) is 75.8 cm³/mol. The van der Waals surface area contributed by atoms with Crippen LogP contribution in [0.1, 0.15) is 32.1 Å². The number of carboxylic acids is 1. The maximum Gasteiger partial charge on any atom is 0.329 e. The Bertz CT molecular complexity index is 412. The number of nitrogens with zero attached hydrogens (tertiary/aromatic N) is 1. The first-order chi connectivity index (χ1) is 10.1. The van der Waals surface area contributed by atoms with Gasteiger partial charge in [-0.1, -0.05) is 0 Å². The lowest BCUT2D eigenvalue weighted by Crippen LogP contribution is -2.43. The summed E-state index contributed by atoms with van der Waals surface area (Å²) in [5, 5.41) is 12.0. The minimum Gasteiger partial charge on any atom is -0.480 e. The van der Waals surface area contributed by atoms with Crippen molar-refractivity contribution >= 4 is 11.9 Å². The molecule has 21 heavy (non-hydrogen) atoms. The minimum atomic E-state index is -0.931. The largest absolute Gasteiger partial charge is 0.480 e. The first kappa shape index (κ1) is 14.8. The average Bonchev–Trinajstić information content (AvgIpc) is 3.19. The molecular weight excluding hydrogens is 272 g/mol. The van der Waals surface area contributed by atoms with Gasteiger partial charge in [-0.3, -0.25) is 4.79 Å². The lowest BCUT2D eigenvalue weighted by atomic mass is 9.91. The molecule has 0 aromatic carbocycles. The van der Waals surface area contributed by atoms with Crippen LogP contribution in [0.4, 0.5) is 0 Å². The highest BCUT2D eigenvalue weighted by atomic mass is 16.5. The van der Waals surface area contributed by atoms with Crippen LogP contribution < -0.4 is 5.32 Å². The van der Waals surface area contributed by atoms with Gasteiger partial charge in [0.1, 0.15) is 6.61 Å². The molecule has 1 aliphatic carbocycles. The van der Waals surface area contributed by atoms with E-state index in [-0.39, 0.29) is 18.6 Å². The summed E-state index contributed by atoms with van der Waals surface area (Å²) in [4.78, 5) is 25.0. The summed E-state index contributed by atoms with van der Waals surface area (Å²) in [6.07, 6.45) is 4.80. The van der Waals surface area contributed by atoms with Gasteiger partial charge >= 0.3 is 5.97 Å². The molecule has 2 heterocycles. The standard InChI is InChI=1S/C15H24N2O4/c18-13(19)10-21-11-1-7-17(8-2-11)14(20)12-9-15(12)3-5-16-6-4-15/h11-12,16H,1-10H2,(H,18,19). The molecule has 3 fully saturated rings. The molecule has 0 aromatic heterocycles. The fourth-order valence-electron chi connectivity index (χ4n) is 3.83. The first-order valence-electron chi connectivity index (χ1n) is 7.94. The van der Waals surface area contributed by atoms with Gasteiger partial charge in [0.25, 0.3) is 0 Å². The molecule has 3 rings (SSSR count). The number of ether oxygens (including phenoxy) is 1. The zero-order valence-corrected chi connectivity index (χ0v) is 12.3. The Morgan fingerprint density at radius 2 is 1.90 bits per heavy atom. The molecule has 0 aromatic rings. The highest BCUT2D eigenvalue weighted by Gasteiger charge is 2.58. The SMILES string of the molecule is O=C(O)COC1CCN(C(=O)C2CC23CCNCC3)CC1. The van der Waals surface area contributed by atoms with E-state index in [1.54, 1.807) is 0 Å². The van der Waals surface area contributed by atoms with Gasteiger partial charge in [-0.05, 0) is 50.6 Å². The number of likely N-dealkylation sites (tertiary alicyclic amines) is 1. The number of rotatable bonds is 4. The van der Waals surface area contributed by atoms with Crippen LogP contribution in [0.5, 0.6) is 0 Å². The number of hydrogen-bond acceptors (Lipinski definition) is 4. The van der Waals surface area contributed by atoms with E-state index in [1.807, 2.05) is 4.90 Å². The summed E-state index contributed by atoms with van der Waals surface area (Å²) in [6.45, 7) is 3.24. The van der Waals surface area contributed by atoms with Crippen molar-refractivity contribution in [3.05, 3.63) is 0 Å². The topological polar surface area (TPSA) is 78.9 Å². The molecule has 1 unspecified atom stereocenters. The minimum absolute atomic E-state index is 0.0165. The number of nitrogens with one attached hydrogen (secondary N) is 1. The van der Waals surface area contributed by atoms with Gasteiger partial charge in [0.05, 0.1) is 6.10 Å². The maximum atomic E-state index is 12.6. The van der Waals surface area contributed by atoms with Crippen molar-refractivity contribution in [2.75, 3.05) is 32.8 Å². The van der Waals surface area contributed by atoms with Crippen LogP contribution in [0.15, 0.2) is 0 Å². The van der Waals surface area contributed by atoms with Crippen LogP contribution in [0, 0.1) is 11.3 Å². The zero-order chi connectivity index (χ0) is 14.9. The van der Waals surface area contributed by atoms with Crippen LogP contribution in [-0.4, -0.2) is 60.8 Å². The Balaban J connectivity index is 1.44. The Morgan fingerprint density at radius 1 is 1.24 bits per heavy atom. The van der Waals surface area contributed by atoms with Crippen molar-refractivity contribution in [3.63, 3.8) is 0 Å². The van der Waals surface area contributed by atoms with Crippen molar-refractivity contribution < 1.29 is 19.4 Å². The molecule has 1 amide bonds. The van der Waals surface area contributed by atoms with E-state index >= 15 is 0 Å². The summed E-state index contributed by atoms with van der Waals surface area (Å²) in [7, 11) is 0. The van der Waals surface area contributed by atoms with Crippen LogP contribution in [0.25, 0.3) is 0 Å². The van der Waals surface area contributed by atoms with Crippen LogP contribution in [0.2, 0.25) is 0 Å². The number of aliphatic carboxylic acids is 1. The molecule has 1 atom stereocenters. The summed E-state index contributed by atoms with van der Waals surface area (Å²) >= 11 is 0. The number of hydrogen-bond donors (Lipinski definition) is 2. The van der Waals surface area contributed by atoms with Crippen molar-refractivity contribution in [1.29, 1.82) is 0 Å². The molecule has 1 saturated carbocycles. The number of piperidine rings is 2. The van der Waals surface area contributed by atoms with E-state index in [9.17, 15) is 9.59 Å². The quantitative estimate of drug-likeness (QED) is 0.788. The Morgan fingerprint density at radius 3 is 2.52 bits per heavy atom. The Kier molecular flexibility index (Phi) is 4.17. The molecule has 6 nitrogen and oxygen atoms in total. The van der Waals surface area contributed by atoms with Crippen LogP contribution in [0.3, 0.4) is 0 Å². The van der Waals surface area contributed by atoms with Crippen molar-refractivity contribution in [1.82, 2.24) is 10.2 Å². The van der Waals surface area contributed by atoms with E-state index in [2.05, 4.69) is 5.32 Å². The molecule has 3 aliphatic rings. The Labute approximate surface area is 124 Å².